The minimum atomic E-state index is -0.330. The number of aromatic nitrogens is 6. The molecule has 0 spiro atoms. The van der Waals surface area contributed by atoms with E-state index in [1.54, 1.807) is 6.33 Å². The molecule has 4 heterocycles. The standard InChI is InChI=1S/C22H16N6O2/c1-2-4-17-16(3-1)29-11-18(30-17)22-26-20(27-28-22)14-7-5-13(6-8-14)19-15-9-10-23-21(15)25-12-24-19/h1-10,12,18H,11H2,(H,23,24,25)(H,26,27,28). The zero-order chi connectivity index (χ0) is 19.9. The van der Waals surface area contributed by atoms with Gasteiger partial charge >= 0.3 is 0 Å². The molecule has 1 atom stereocenters. The largest absolute Gasteiger partial charge is 0.485 e. The molecule has 8 heteroatoms. The lowest BCUT2D eigenvalue weighted by Crippen LogP contribution is -2.22. The van der Waals surface area contributed by atoms with Crippen LogP contribution in [0.1, 0.15) is 11.9 Å². The van der Waals surface area contributed by atoms with Crippen molar-refractivity contribution in [2.75, 3.05) is 6.61 Å². The summed E-state index contributed by atoms with van der Waals surface area (Å²) in [5.41, 5.74) is 3.61. The van der Waals surface area contributed by atoms with E-state index in [1.807, 2.05) is 60.8 Å². The van der Waals surface area contributed by atoms with E-state index in [2.05, 4.69) is 30.1 Å². The van der Waals surface area contributed by atoms with Crippen LogP contribution in [-0.2, 0) is 0 Å². The normalized spacial score (nSPS) is 15.4. The Balaban J connectivity index is 1.26. The maximum Gasteiger partial charge on any atom is 0.191 e. The summed E-state index contributed by atoms with van der Waals surface area (Å²) < 4.78 is 11.8. The number of nitrogens with zero attached hydrogens (tertiary/aromatic N) is 4. The molecule has 1 aliphatic rings. The number of para-hydroxylation sites is 2. The van der Waals surface area contributed by atoms with Crippen molar-refractivity contribution < 1.29 is 9.47 Å². The number of aromatic amines is 2. The third-order valence-corrected chi connectivity index (χ3v) is 5.09. The van der Waals surface area contributed by atoms with Crippen LogP contribution in [-0.4, -0.2) is 36.7 Å². The molecule has 6 rings (SSSR count). The Morgan fingerprint density at radius 2 is 1.73 bits per heavy atom. The highest BCUT2D eigenvalue weighted by atomic mass is 16.6. The van der Waals surface area contributed by atoms with Gasteiger partial charge in [-0.05, 0) is 18.2 Å². The van der Waals surface area contributed by atoms with Gasteiger partial charge in [0, 0.05) is 22.7 Å². The molecule has 146 valence electrons. The van der Waals surface area contributed by atoms with E-state index in [9.17, 15) is 0 Å². The monoisotopic (exact) mass is 396 g/mol. The predicted octanol–water partition coefficient (Wildman–Crippen LogP) is 3.92. The summed E-state index contributed by atoms with van der Waals surface area (Å²) >= 11 is 0. The van der Waals surface area contributed by atoms with Crippen molar-refractivity contribution in [3.8, 4) is 34.1 Å². The third-order valence-electron chi connectivity index (χ3n) is 5.09. The molecule has 1 unspecified atom stereocenters. The molecule has 2 N–H and O–H groups in total. The van der Waals surface area contributed by atoms with E-state index >= 15 is 0 Å². The van der Waals surface area contributed by atoms with Crippen molar-refractivity contribution in [1.29, 1.82) is 0 Å². The highest BCUT2D eigenvalue weighted by Gasteiger charge is 2.25. The second kappa shape index (κ2) is 6.70. The van der Waals surface area contributed by atoms with Gasteiger partial charge in [-0.1, -0.05) is 36.4 Å². The SMILES string of the molecule is c1ccc2c(c1)OCC(c1nc(-c3ccc(-c4ncnc5[nH]ccc45)cc3)n[nH]1)O2. The van der Waals surface area contributed by atoms with E-state index in [4.69, 9.17) is 9.47 Å². The maximum absolute atomic E-state index is 6.00. The summed E-state index contributed by atoms with van der Waals surface area (Å²) in [6.45, 7) is 0.380. The van der Waals surface area contributed by atoms with Gasteiger partial charge < -0.3 is 14.5 Å². The Morgan fingerprint density at radius 3 is 2.63 bits per heavy atom. The average molecular weight is 396 g/mol. The lowest BCUT2D eigenvalue weighted by atomic mass is 10.1. The van der Waals surface area contributed by atoms with Gasteiger partial charge in [-0.15, -0.1) is 0 Å². The summed E-state index contributed by atoms with van der Waals surface area (Å²) in [7, 11) is 0. The molecule has 2 aromatic carbocycles. The highest BCUT2D eigenvalue weighted by molar-refractivity contribution is 5.90. The van der Waals surface area contributed by atoms with Crippen LogP contribution in [0.4, 0.5) is 0 Å². The van der Waals surface area contributed by atoms with Crippen LogP contribution in [0, 0.1) is 0 Å². The van der Waals surface area contributed by atoms with Crippen molar-refractivity contribution in [2.45, 2.75) is 6.10 Å². The van der Waals surface area contributed by atoms with Crippen molar-refractivity contribution in [1.82, 2.24) is 30.1 Å². The number of benzene rings is 2. The highest BCUT2D eigenvalue weighted by Crippen LogP contribution is 2.35. The minimum absolute atomic E-state index is 0.330. The minimum Gasteiger partial charge on any atom is -0.485 e. The van der Waals surface area contributed by atoms with Gasteiger partial charge in [-0.2, -0.15) is 5.10 Å². The van der Waals surface area contributed by atoms with Crippen LogP contribution < -0.4 is 9.47 Å². The summed E-state index contributed by atoms with van der Waals surface area (Å²) in [6.07, 6.45) is 3.10. The maximum atomic E-state index is 6.00. The average Bonchev–Trinajstić information content (AvgIpc) is 3.49. The zero-order valence-corrected chi connectivity index (χ0v) is 15.7. The molecule has 0 saturated heterocycles. The molecule has 0 aliphatic carbocycles. The molecule has 1 aliphatic heterocycles. The number of nitrogens with one attached hydrogen (secondary N) is 2. The van der Waals surface area contributed by atoms with Gasteiger partial charge in [0.1, 0.15) is 18.6 Å². The van der Waals surface area contributed by atoms with Crippen molar-refractivity contribution in [2.24, 2.45) is 0 Å². The Hall–Kier alpha value is -4.20. The second-order valence-electron chi connectivity index (χ2n) is 6.95. The Labute approximate surface area is 171 Å². The van der Waals surface area contributed by atoms with Gasteiger partial charge in [0.15, 0.2) is 29.3 Å². The molecule has 8 nitrogen and oxygen atoms in total. The van der Waals surface area contributed by atoms with Crippen LogP contribution in [0.25, 0.3) is 33.7 Å². The van der Waals surface area contributed by atoms with E-state index in [-0.39, 0.29) is 6.10 Å². The summed E-state index contributed by atoms with van der Waals surface area (Å²) in [6, 6.07) is 17.6. The lowest BCUT2D eigenvalue weighted by molar-refractivity contribution is 0.0853. The lowest BCUT2D eigenvalue weighted by Gasteiger charge is -2.24. The number of ether oxygens (including phenoxy) is 2. The zero-order valence-electron chi connectivity index (χ0n) is 15.7. The van der Waals surface area contributed by atoms with Gasteiger partial charge in [-0.25, -0.2) is 15.0 Å². The first-order valence-electron chi connectivity index (χ1n) is 9.55. The second-order valence-corrected chi connectivity index (χ2v) is 6.95. The van der Waals surface area contributed by atoms with Gasteiger partial charge in [0.25, 0.3) is 0 Å². The smallest absolute Gasteiger partial charge is 0.191 e. The first-order chi connectivity index (χ1) is 14.8. The van der Waals surface area contributed by atoms with Crippen LogP contribution in [0.5, 0.6) is 11.5 Å². The van der Waals surface area contributed by atoms with E-state index < -0.39 is 0 Å². The van der Waals surface area contributed by atoms with Crippen molar-refractivity contribution >= 4 is 11.0 Å². The van der Waals surface area contributed by atoms with Crippen LogP contribution in [0.15, 0.2) is 67.1 Å². The number of fused-ring (bicyclic) bond motifs is 2. The molecule has 0 saturated carbocycles. The molecule has 30 heavy (non-hydrogen) atoms. The first kappa shape index (κ1) is 16.7. The topological polar surface area (TPSA) is 102 Å². The predicted molar refractivity (Wildman–Crippen MR) is 110 cm³/mol. The fourth-order valence-electron chi connectivity index (χ4n) is 3.58. The summed E-state index contributed by atoms with van der Waals surface area (Å²) in [5, 5.41) is 8.33. The van der Waals surface area contributed by atoms with Crippen LogP contribution >= 0.6 is 0 Å². The summed E-state index contributed by atoms with van der Waals surface area (Å²) in [4.78, 5) is 16.4. The quantitative estimate of drug-likeness (QED) is 0.479. The number of hydrogen-bond acceptors (Lipinski definition) is 6. The number of H-pyrrole nitrogens is 2. The summed E-state index contributed by atoms with van der Waals surface area (Å²) in [5.74, 6) is 2.68. The Kier molecular flexibility index (Phi) is 3.73. The molecule has 3 aromatic heterocycles. The molecular weight excluding hydrogens is 380 g/mol. The number of hydrogen-bond donors (Lipinski definition) is 2. The van der Waals surface area contributed by atoms with Gasteiger partial charge in [-0.3, -0.25) is 5.10 Å². The molecule has 0 bridgehead atoms. The Morgan fingerprint density at radius 1 is 0.900 bits per heavy atom. The molecule has 5 aromatic rings. The molecule has 0 amide bonds. The van der Waals surface area contributed by atoms with Gasteiger partial charge in [0.05, 0.1) is 5.69 Å². The van der Waals surface area contributed by atoms with Gasteiger partial charge in [0.2, 0.25) is 0 Å². The van der Waals surface area contributed by atoms with E-state index in [1.165, 1.54) is 0 Å². The van der Waals surface area contributed by atoms with Crippen LogP contribution in [0.3, 0.4) is 0 Å². The molecule has 0 fully saturated rings. The van der Waals surface area contributed by atoms with E-state index in [0.29, 0.717) is 24.0 Å². The van der Waals surface area contributed by atoms with Crippen molar-refractivity contribution in [3.63, 3.8) is 0 Å². The van der Waals surface area contributed by atoms with E-state index in [0.717, 1.165) is 33.6 Å². The van der Waals surface area contributed by atoms with Crippen LogP contribution in [0.2, 0.25) is 0 Å². The molecular formula is C22H16N6O2. The van der Waals surface area contributed by atoms with Crippen molar-refractivity contribution in [3.05, 3.63) is 72.9 Å². The fraction of sp³-hybridized carbons (Fsp3) is 0.0909. The molecule has 0 radical (unpaired) electrons. The fourth-order valence-corrected chi connectivity index (χ4v) is 3.58. The number of rotatable bonds is 3. The first-order valence-corrected chi connectivity index (χ1v) is 9.55. The third kappa shape index (κ3) is 2.77. The Bertz CT molecular complexity index is 1340.